The van der Waals surface area contributed by atoms with Crippen LogP contribution in [0, 0.1) is 11.8 Å². The van der Waals surface area contributed by atoms with Crippen LogP contribution in [0.1, 0.15) is 72.6 Å². The van der Waals surface area contributed by atoms with Crippen molar-refractivity contribution in [1.29, 1.82) is 0 Å². The fraction of sp³-hybridized carbons (Fsp3) is 0.652. The molecular weight excluding hydrogens is 400 g/mol. The molecule has 0 aromatic rings. The molecule has 0 spiro atoms. The summed E-state index contributed by atoms with van der Waals surface area (Å²) in [7, 11) is 0. The Morgan fingerprint density at radius 1 is 0.871 bits per heavy atom. The molecule has 0 fully saturated rings. The number of nitrogens with zero attached hydrogens (tertiary/aromatic N) is 1. The number of carbonyl (C=O) groups excluding carboxylic acids is 6. The van der Waals surface area contributed by atoms with E-state index < -0.39 is 6.04 Å². The van der Waals surface area contributed by atoms with Gasteiger partial charge in [-0.05, 0) is 26.2 Å². The first-order valence-electron chi connectivity index (χ1n) is 10.9. The topological polar surface area (TPSA) is 118 Å². The predicted molar refractivity (Wildman–Crippen MR) is 115 cm³/mol. The summed E-state index contributed by atoms with van der Waals surface area (Å²) < 4.78 is 0. The standard InChI is InChI=1S/C23H34N2O6/c1-15(2)23(31)16(3)14-19(27)17(4)24-20(28)10-6-5-8-18(26)9-7-13-25-21(29)11-12-22(25)30/h11-12,15-17H,5-10,13-14H2,1-4H3,(H,24,28)/t16-,17+/m1/s1. The van der Waals surface area contributed by atoms with Gasteiger partial charge in [-0.25, -0.2) is 0 Å². The maximum Gasteiger partial charge on any atom is 0.253 e. The molecule has 3 amide bonds. The highest BCUT2D eigenvalue weighted by molar-refractivity contribution is 6.12. The quantitative estimate of drug-likeness (QED) is 0.312. The fourth-order valence-electron chi connectivity index (χ4n) is 3.36. The Kier molecular flexibility index (Phi) is 11.0. The summed E-state index contributed by atoms with van der Waals surface area (Å²) in [5.74, 6) is -1.56. The van der Waals surface area contributed by atoms with Crippen molar-refractivity contribution >= 4 is 35.1 Å². The molecule has 0 radical (unpaired) electrons. The summed E-state index contributed by atoms with van der Waals surface area (Å²) in [6.45, 7) is 7.16. The third-order valence-corrected chi connectivity index (χ3v) is 5.27. The predicted octanol–water partition coefficient (Wildman–Crippen LogP) is 2.15. The van der Waals surface area contributed by atoms with Crippen LogP contribution >= 0.6 is 0 Å². The minimum atomic E-state index is -0.651. The van der Waals surface area contributed by atoms with Gasteiger partial charge in [0, 0.05) is 56.2 Å². The van der Waals surface area contributed by atoms with Gasteiger partial charge in [0.15, 0.2) is 5.78 Å². The second kappa shape index (κ2) is 12.9. The fourth-order valence-corrected chi connectivity index (χ4v) is 3.36. The van der Waals surface area contributed by atoms with Gasteiger partial charge in [-0.3, -0.25) is 33.7 Å². The lowest BCUT2D eigenvalue weighted by atomic mass is 9.91. The Hall–Kier alpha value is -2.64. The first-order chi connectivity index (χ1) is 14.5. The first-order valence-corrected chi connectivity index (χ1v) is 10.9. The Balaban J connectivity index is 2.17. The smallest absolute Gasteiger partial charge is 0.253 e. The molecule has 0 aromatic carbocycles. The second-order valence-corrected chi connectivity index (χ2v) is 8.43. The monoisotopic (exact) mass is 434 g/mol. The van der Waals surface area contributed by atoms with E-state index in [2.05, 4.69) is 5.32 Å². The SMILES string of the molecule is CC(C)C(=O)[C@H](C)CC(=O)[C@H](C)NC(=O)CCCCC(=O)CCCN1C(=O)C=CC1=O. The van der Waals surface area contributed by atoms with Crippen LogP contribution in [0.3, 0.4) is 0 Å². The molecule has 0 aromatic heterocycles. The van der Waals surface area contributed by atoms with Crippen LogP contribution in [0.15, 0.2) is 12.2 Å². The van der Waals surface area contributed by atoms with Gasteiger partial charge in [0.2, 0.25) is 5.91 Å². The number of unbranched alkanes of at least 4 members (excludes halogenated alkanes) is 1. The van der Waals surface area contributed by atoms with Crippen molar-refractivity contribution in [3.05, 3.63) is 12.2 Å². The zero-order valence-electron chi connectivity index (χ0n) is 18.9. The van der Waals surface area contributed by atoms with Crippen LogP contribution in [0.4, 0.5) is 0 Å². The Bertz CT molecular complexity index is 722. The number of hydrogen-bond donors (Lipinski definition) is 1. The highest BCUT2D eigenvalue weighted by Gasteiger charge is 2.24. The molecule has 0 unspecified atom stereocenters. The lowest BCUT2D eigenvalue weighted by Gasteiger charge is -2.16. The lowest BCUT2D eigenvalue weighted by Crippen LogP contribution is -2.39. The lowest BCUT2D eigenvalue weighted by molar-refractivity contribution is -0.137. The minimum Gasteiger partial charge on any atom is -0.347 e. The zero-order valence-corrected chi connectivity index (χ0v) is 18.9. The molecule has 8 heteroatoms. The Morgan fingerprint density at radius 3 is 2.00 bits per heavy atom. The van der Waals surface area contributed by atoms with E-state index in [1.165, 1.54) is 12.2 Å². The third-order valence-electron chi connectivity index (χ3n) is 5.27. The molecule has 172 valence electrons. The van der Waals surface area contributed by atoms with E-state index in [1.807, 2.05) is 0 Å². The second-order valence-electron chi connectivity index (χ2n) is 8.43. The van der Waals surface area contributed by atoms with Crippen LogP contribution < -0.4 is 5.32 Å². The molecule has 1 rings (SSSR count). The summed E-state index contributed by atoms with van der Waals surface area (Å²) in [5.41, 5.74) is 0. The maximum atomic E-state index is 12.2. The molecule has 8 nitrogen and oxygen atoms in total. The average molecular weight is 435 g/mol. The van der Waals surface area contributed by atoms with E-state index in [4.69, 9.17) is 0 Å². The van der Waals surface area contributed by atoms with Crippen LogP contribution in [0.25, 0.3) is 0 Å². The van der Waals surface area contributed by atoms with Crippen LogP contribution in [-0.4, -0.2) is 52.6 Å². The van der Waals surface area contributed by atoms with E-state index in [1.54, 1.807) is 27.7 Å². The molecule has 0 aliphatic carbocycles. The highest BCUT2D eigenvalue weighted by Crippen LogP contribution is 2.12. The van der Waals surface area contributed by atoms with Crippen LogP contribution in [-0.2, 0) is 28.8 Å². The number of imide groups is 1. The van der Waals surface area contributed by atoms with E-state index in [9.17, 15) is 28.8 Å². The molecule has 1 aliphatic rings. The van der Waals surface area contributed by atoms with Gasteiger partial charge in [0.1, 0.15) is 11.6 Å². The molecule has 0 bridgehead atoms. The van der Waals surface area contributed by atoms with Crippen molar-refractivity contribution in [2.75, 3.05) is 6.54 Å². The highest BCUT2D eigenvalue weighted by atomic mass is 16.2. The molecule has 1 aliphatic heterocycles. The summed E-state index contributed by atoms with van der Waals surface area (Å²) in [6.07, 6.45) is 4.87. The average Bonchev–Trinajstić information content (AvgIpc) is 3.02. The first kappa shape index (κ1) is 26.4. The Morgan fingerprint density at radius 2 is 1.42 bits per heavy atom. The summed E-state index contributed by atoms with van der Waals surface area (Å²) in [4.78, 5) is 72.0. The van der Waals surface area contributed by atoms with Gasteiger partial charge in [-0.1, -0.05) is 20.8 Å². The summed E-state index contributed by atoms with van der Waals surface area (Å²) in [6, 6.07) is -0.651. The minimum absolute atomic E-state index is 0.0276. The number of nitrogens with one attached hydrogen (secondary N) is 1. The molecule has 0 saturated heterocycles. The van der Waals surface area contributed by atoms with Crippen molar-refractivity contribution in [3.63, 3.8) is 0 Å². The molecule has 1 N–H and O–H groups in total. The molecular formula is C23H34N2O6. The van der Waals surface area contributed by atoms with Gasteiger partial charge in [0.25, 0.3) is 11.8 Å². The van der Waals surface area contributed by atoms with Gasteiger partial charge in [-0.15, -0.1) is 0 Å². The molecule has 1 heterocycles. The number of rotatable bonds is 15. The number of ketones is 3. The third kappa shape index (κ3) is 9.36. The van der Waals surface area contributed by atoms with E-state index >= 15 is 0 Å². The van der Waals surface area contributed by atoms with E-state index in [-0.39, 0.29) is 72.7 Å². The molecule has 2 atom stereocenters. The molecule has 0 saturated carbocycles. The van der Waals surface area contributed by atoms with Crippen LogP contribution in [0.5, 0.6) is 0 Å². The van der Waals surface area contributed by atoms with Crippen molar-refractivity contribution < 1.29 is 28.8 Å². The van der Waals surface area contributed by atoms with Crippen molar-refractivity contribution in [2.45, 2.75) is 78.7 Å². The van der Waals surface area contributed by atoms with E-state index in [0.29, 0.717) is 25.7 Å². The van der Waals surface area contributed by atoms with Crippen molar-refractivity contribution in [1.82, 2.24) is 10.2 Å². The number of amides is 3. The van der Waals surface area contributed by atoms with E-state index in [0.717, 1.165) is 4.90 Å². The van der Waals surface area contributed by atoms with Gasteiger partial charge >= 0.3 is 0 Å². The maximum absolute atomic E-state index is 12.2. The van der Waals surface area contributed by atoms with Crippen molar-refractivity contribution in [2.24, 2.45) is 11.8 Å². The molecule has 31 heavy (non-hydrogen) atoms. The Labute approximate surface area is 183 Å². The number of hydrogen-bond acceptors (Lipinski definition) is 6. The van der Waals surface area contributed by atoms with Gasteiger partial charge in [-0.2, -0.15) is 0 Å². The number of carbonyl (C=O) groups is 6. The largest absolute Gasteiger partial charge is 0.347 e. The zero-order chi connectivity index (χ0) is 23.6. The number of Topliss-reactive ketones (excluding diaryl/α,β-unsaturated/α-hetero) is 3. The van der Waals surface area contributed by atoms with Crippen LogP contribution in [0.2, 0.25) is 0 Å². The van der Waals surface area contributed by atoms with Gasteiger partial charge in [0.05, 0.1) is 6.04 Å². The summed E-state index contributed by atoms with van der Waals surface area (Å²) >= 11 is 0. The van der Waals surface area contributed by atoms with Gasteiger partial charge < -0.3 is 5.32 Å². The normalized spacial score (nSPS) is 15.3. The summed E-state index contributed by atoms with van der Waals surface area (Å²) in [5, 5.41) is 2.66. The van der Waals surface area contributed by atoms with Crippen molar-refractivity contribution in [3.8, 4) is 0 Å².